The fourth-order valence-electron chi connectivity index (χ4n) is 2.27. The Kier molecular flexibility index (Phi) is 9.97. The Balaban J connectivity index is 0.00000338. The van der Waals surface area contributed by atoms with Gasteiger partial charge >= 0.3 is 0 Å². The van der Waals surface area contributed by atoms with Gasteiger partial charge in [-0.05, 0) is 30.7 Å². The number of benzene rings is 2. The van der Waals surface area contributed by atoms with E-state index in [0.29, 0.717) is 18.1 Å². The highest BCUT2D eigenvalue weighted by molar-refractivity contribution is 14.0. The van der Waals surface area contributed by atoms with Gasteiger partial charge in [0.05, 0.1) is 19.8 Å². The number of methoxy groups -OCH3 is 1. The molecule has 142 valence electrons. The van der Waals surface area contributed by atoms with Crippen molar-refractivity contribution >= 4 is 29.9 Å². The predicted octanol–water partition coefficient (Wildman–Crippen LogP) is 3.24. The van der Waals surface area contributed by atoms with E-state index in [1.54, 1.807) is 37.4 Å². The van der Waals surface area contributed by atoms with Crippen LogP contribution in [0, 0.1) is 5.82 Å². The molecule has 1 unspecified atom stereocenters. The standard InChI is InChI=1S/C19H24FN3O2.HI/c1-3-21-19(22-12-15-6-4-5-7-17(15)20)23-13-18(24)14-8-10-16(25-2)11-9-14;/h4-11,18,24H,3,12-13H2,1-2H3,(H2,21,22,23);1H. The summed E-state index contributed by atoms with van der Waals surface area (Å²) in [6.07, 6.45) is -0.691. The molecule has 0 aromatic heterocycles. The van der Waals surface area contributed by atoms with Crippen molar-refractivity contribution in [2.24, 2.45) is 4.99 Å². The SMILES string of the molecule is CCNC(=NCc1ccccc1F)NCC(O)c1ccc(OC)cc1.I. The molecule has 2 aromatic carbocycles. The van der Waals surface area contributed by atoms with Crippen molar-refractivity contribution in [2.75, 3.05) is 20.2 Å². The summed E-state index contributed by atoms with van der Waals surface area (Å²) in [6.45, 7) is 3.12. The van der Waals surface area contributed by atoms with Crippen LogP contribution in [-0.2, 0) is 6.54 Å². The number of ether oxygens (including phenoxy) is 1. The minimum absolute atomic E-state index is 0. The first-order valence-corrected chi connectivity index (χ1v) is 8.21. The second-order valence-electron chi connectivity index (χ2n) is 5.46. The molecule has 1 atom stereocenters. The van der Waals surface area contributed by atoms with Crippen molar-refractivity contribution in [3.8, 4) is 5.75 Å². The first kappa shape index (κ1) is 22.2. The van der Waals surface area contributed by atoms with Gasteiger partial charge < -0.3 is 20.5 Å². The second kappa shape index (κ2) is 11.7. The van der Waals surface area contributed by atoms with Crippen LogP contribution in [0.15, 0.2) is 53.5 Å². The van der Waals surface area contributed by atoms with Crippen molar-refractivity contribution in [3.63, 3.8) is 0 Å². The minimum atomic E-state index is -0.691. The van der Waals surface area contributed by atoms with E-state index in [-0.39, 0.29) is 42.9 Å². The first-order valence-electron chi connectivity index (χ1n) is 8.21. The maximum Gasteiger partial charge on any atom is 0.191 e. The summed E-state index contributed by atoms with van der Waals surface area (Å²) in [7, 11) is 1.60. The van der Waals surface area contributed by atoms with E-state index in [9.17, 15) is 9.50 Å². The number of aliphatic imine (C=N–C) groups is 1. The highest BCUT2D eigenvalue weighted by Crippen LogP contribution is 2.17. The number of rotatable bonds is 7. The number of hydrogen-bond acceptors (Lipinski definition) is 3. The average molecular weight is 473 g/mol. The summed E-state index contributed by atoms with van der Waals surface area (Å²) in [4.78, 5) is 4.36. The van der Waals surface area contributed by atoms with Gasteiger partial charge in [0.1, 0.15) is 11.6 Å². The van der Waals surface area contributed by atoms with Crippen LogP contribution in [0.25, 0.3) is 0 Å². The monoisotopic (exact) mass is 473 g/mol. The van der Waals surface area contributed by atoms with Crippen LogP contribution in [0.5, 0.6) is 5.75 Å². The van der Waals surface area contributed by atoms with E-state index in [1.165, 1.54) is 6.07 Å². The highest BCUT2D eigenvalue weighted by atomic mass is 127. The number of guanidine groups is 1. The Labute approximate surface area is 170 Å². The van der Waals surface area contributed by atoms with E-state index >= 15 is 0 Å². The van der Waals surface area contributed by atoms with Crippen LogP contribution in [0.1, 0.15) is 24.2 Å². The van der Waals surface area contributed by atoms with Gasteiger partial charge in [-0.3, -0.25) is 0 Å². The third-order valence-corrected chi connectivity index (χ3v) is 3.67. The zero-order valence-corrected chi connectivity index (χ0v) is 17.2. The van der Waals surface area contributed by atoms with Crippen molar-refractivity contribution in [2.45, 2.75) is 19.6 Å². The molecule has 2 aromatic rings. The van der Waals surface area contributed by atoms with E-state index in [0.717, 1.165) is 11.3 Å². The summed E-state index contributed by atoms with van der Waals surface area (Å²) in [5.74, 6) is 0.988. The van der Waals surface area contributed by atoms with Crippen LogP contribution >= 0.6 is 24.0 Å². The molecule has 5 nitrogen and oxygen atoms in total. The number of nitrogens with zero attached hydrogens (tertiary/aromatic N) is 1. The number of nitrogens with one attached hydrogen (secondary N) is 2. The molecule has 0 heterocycles. The van der Waals surface area contributed by atoms with E-state index in [1.807, 2.05) is 19.1 Å². The van der Waals surface area contributed by atoms with Gasteiger partial charge in [-0.15, -0.1) is 24.0 Å². The zero-order valence-electron chi connectivity index (χ0n) is 14.9. The van der Waals surface area contributed by atoms with Gasteiger partial charge in [0, 0.05) is 18.7 Å². The predicted molar refractivity (Wildman–Crippen MR) is 113 cm³/mol. The quantitative estimate of drug-likeness (QED) is 0.328. The van der Waals surface area contributed by atoms with Crippen LogP contribution < -0.4 is 15.4 Å². The molecule has 7 heteroatoms. The minimum Gasteiger partial charge on any atom is -0.497 e. The molecule has 0 bridgehead atoms. The molecule has 0 amide bonds. The normalized spacial score (nSPS) is 12.1. The maximum absolute atomic E-state index is 13.7. The Bertz CT molecular complexity index is 695. The first-order chi connectivity index (χ1) is 12.1. The third kappa shape index (κ3) is 6.80. The molecule has 0 fully saturated rings. The van der Waals surface area contributed by atoms with Gasteiger partial charge in [-0.1, -0.05) is 30.3 Å². The Morgan fingerprint density at radius 3 is 2.46 bits per heavy atom. The molecule has 26 heavy (non-hydrogen) atoms. The molecular formula is C19H25FIN3O2. The number of halogens is 2. The van der Waals surface area contributed by atoms with Crippen molar-refractivity contribution < 1.29 is 14.2 Å². The van der Waals surface area contributed by atoms with Crippen molar-refractivity contribution in [3.05, 3.63) is 65.5 Å². The molecule has 0 aliphatic rings. The van der Waals surface area contributed by atoms with Gasteiger partial charge in [-0.2, -0.15) is 0 Å². The fraction of sp³-hybridized carbons (Fsp3) is 0.316. The largest absolute Gasteiger partial charge is 0.497 e. The molecule has 0 aliphatic carbocycles. The molecule has 0 radical (unpaired) electrons. The van der Waals surface area contributed by atoms with Gasteiger partial charge in [0.15, 0.2) is 5.96 Å². The Hall–Kier alpha value is -1.87. The van der Waals surface area contributed by atoms with Crippen LogP contribution in [0.4, 0.5) is 4.39 Å². The molecule has 0 saturated heterocycles. The molecule has 2 rings (SSSR count). The summed E-state index contributed by atoms with van der Waals surface area (Å²) in [5, 5.41) is 16.4. The van der Waals surface area contributed by atoms with Gasteiger partial charge in [0.2, 0.25) is 0 Å². The molecule has 0 spiro atoms. The van der Waals surface area contributed by atoms with Crippen LogP contribution in [0.3, 0.4) is 0 Å². The lowest BCUT2D eigenvalue weighted by Crippen LogP contribution is -2.39. The smallest absolute Gasteiger partial charge is 0.191 e. The molecule has 3 N–H and O–H groups in total. The van der Waals surface area contributed by atoms with Crippen molar-refractivity contribution in [1.29, 1.82) is 0 Å². The zero-order chi connectivity index (χ0) is 18.1. The van der Waals surface area contributed by atoms with E-state index in [2.05, 4.69) is 15.6 Å². The van der Waals surface area contributed by atoms with Gasteiger partial charge in [0.25, 0.3) is 0 Å². The third-order valence-electron chi connectivity index (χ3n) is 3.67. The van der Waals surface area contributed by atoms with Crippen LogP contribution in [-0.4, -0.2) is 31.3 Å². The average Bonchev–Trinajstić information content (AvgIpc) is 2.65. The number of hydrogen-bond donors (Lipinski definition) is 3. The number of aliphatic hydroxyl groups is 1. The lowest BCUT2D eigenvalue weighted by molar-refractivity contribution is 0.180. The fourth-order valence-corrected chi connectivity index (χ4v) is 2.27. The second-order valence-corrected chi connectivity index (χ2v) is 5.46. The maximum atomic E-state index is 13.7. The summed E-state index contributed by atoms with van der Waals surface area (Å²) in [5.41, 5.74) is 1.30. The van der Waals surface area contributed by atoms with E-state index in [4.69, 9.17) is 4.74 Å². The number of aliphatic hydroxyl groups excluding tert-OH is 1. The van der Waals surface area contributed by atoms with Gasteiger partial charge in [-0.25, -0.2) is 9.38 Å². The van der Waals surface area contributed by atoms with Crippen molar-refractivity contribution in [1.82, 2.24) is 10.6 Å². The highest BCUT2D eigenvalue weighted by Gasteiger charge is 2.09. The Morgan fingerprint density at radius 1 is 1.15 bits per heavy atom. The molecule has 0 aliphatic heterocycles. The lowest BCUT2D eigenvalue weighted by Gasteiger charge is -2.16. The van der Waals surface area contributed by atoms with E-state index < -0.39 is 6.10 Å². The molecule has 0 saturated carbocycles. The van der Waals surface area contributed by atoms with Crippen LogP contribution in [0.2, 0.25) is 0 Å². The summed E-state index contributed by atoms with van der Waals surface area (Å²) in [6, 6.07) is 13.8. The topological polar surface area (TPSA) is 65.9 Å². The Morgan fingerprint density at radius 2 is 1.85 bits per heavy atom. The summed E-state index contributed by atoms with van der Waals surface area (Å²) < 4.78 is 18.8. The molecular weight excluding hydrogens is 448 g/mol. The summed E-state index contributed by atoms with van der Waals surface area (Å²) >= 11 is 0. The lowest BCUT2D eigenvalue weighted by atomic mass is 10.1.